The largest absolute Gasteiger partial charge is 0.396 e. The minimum atomic E-state index is 0.215. The van der Waals surface area contributed by atoms with E-state index in [0.29, 0.717) is 6.54 Å². The topological polar surface area (TPSA) is 47.0 Å². The van der Waals surface area contributed by atoms with Crippen molar-refractivity contribution >= 4 is 5.91 Å². The van der Waals surface area contributed by atoms with Gasteiger partial charge in [0, 0.05) is 39.3 Å². The van der Waals surface area contributed by atoms with Crippen molar-refractivity contribution in [3.63, 3.8) is 0 Å². The van der Waals surface area contributed by atoms with Gasteiger partial charge < -0.3 is 14.9 Å². The highest BCUT2D eigenvalue weighted by molar-refractivity contribution is 5.78. The van der Waals surface area contributed by atoms with E-state index in [9.17, 15) is 4.79 Å². The van der Waals surface area contributed by atoms with E-state index in [4.69, 9.17) is 5.11 Å². The number of rotatable bonds is 5. The number of aliphatic hydroxyl groups excluding tert-OH is 1. The number of carbonyl (C=O) groups excluding carboxylic acids is 1. The summed E-state index contributed by atoms with van der Waals surface area (Å²) in [5.74, 6) is 0.215. The molecule has 5 nitrogen and oxygen atoms in total. The first kappa shape index (κ1) is 13.4. The van der Waals surface area contributed by atoms with E-state index in [1.807, 2.05) is 23.9 Å². The highest BCUT2D eigenvalue weighted by Gasteiger charge is 2.20. The fourth-order valence-electron chi connectivity index (χ4n) is 1.89. The molecule has 1 aliphatic heterocycles. The van der Waals surface area contributed by atoms with Crippen molar-refractivity contribution in [3.05, 3.63) is 0 Å². The van der Waals surface area contributed by atoms with Crippen LogP contribution in [0.25, 0.3) is 0 Å². The molecule has 0 saturated carbocycles. The van der Waals surface area contributed by atoms with Gasteiger partial charge in [-0.25, -0.2) is 0 Å². The van der Waals surface area contributed by atoms with Crippen LogP contribution in [0.3, 0.4) is 0 Å². The quantitative estimate of drug-likeness (QED) is 0.662. The first-order valence-electron chi connectivity index (χ1n) is 5.89. The molecule has 0 aromatic rings. The zero-order valence-corrected chi connectivity index (χ0v) is 10.4. The Morgan fingerprint density at radius 3 is 2.38 bits per heavy atom. The van der Waals surface area contributed by atoms with Crippen LogP contribution in [0.15, 0.2) is 0 Å². The number of carbonyl (C=O) groups is 1. The van der Waals surface area contributed by atoms with Crippen molar-refractivity contribution in [2.45, 2.75) is 6.42 Å². The fourth-order valence-corrected chi connectivity index (χ4v) is 1.89. The second kappa shape index (κ2) is 6.83. The zero-order chi connectivity index (χ0) is 12.0. The third kappa shape index (κ3) is 4.47. The Bertz CT molecular complexity index is 213. The second-order valence-corrected chi connectivity index (χ2v) is 4.54. The average Bonchev–Trinajstić information content (AvgIpc) is 2.26. The first-order valence-corrected chi connectivity index (χ1v) is 5.89. The van der Waals surface area contributed by atoms with Gasteiger partial charge in [-0.05, 0) is 20.5 Å². The van der Waals surface area contributed by atoms with Crippen LogP contribution in [0.2, 0.25) is 0 Å². The lowest BCUT2D eigenvalue weighted by Crippen LogP contribution is -2.50. The van der Waals surface area contributed by atoms with Crippen LogP contribution in [0, 0.1) is 0 Å². The molecule has 1 N–H and O–H groups in total. The number of amides is 1. The predicted octanol–water partition coefficient (Wildman–Crippen LogP) is -0.925. The number of hydrogen-bond acceptors (Lipinski definition) is 4. The van der Waals surface area contributed by atoms with E-state index in [-0.39, 0.29) is 12.5 Å². The molecule has 0 spiro atoms. The van der Waals surface area contributed by atoms with Crippen LogP contribution in [0.1, 0.15) is 6.42 Å². The Morgan fingerprint density at radius 1 is 1.25 bits per heavy atom. The maximum Gasteiger partial charge on any atom is 0.236 e. The summed E-state index contributed by atoms with van der Waals surface area (Å²) in [4.78, 5) is 17.9. The normalized spacial score (nSPS) is 18.1. The molecule has 5 heteroatoms. The summed E-state index contributed by atoms with van der Waals surface area (Å²) in [6.45, 7) is 5.18. The summed E-state index contributed by atoms with van der Waals surface area (Å²) >= 11 is 0. The number of aliphatic hydroxyl groups is 1. The molecule has 0 aliphatic carbocycles. The van der Waals surface area contributed by atoms with Gasteiger partial charge in [0.2, 0.25) is 5.91 Å². The van der Waals surface area contributed by atoms with Crippen molar-refractivity contribution < 1.29 is 9.90 Å². The van der Waals surface area contributed by atoms with E-state index >= 15 is 0 Å². The van der Waals surface area contributed by atoms with Crippen molar-refractivity contribution in [2.75, 3.05) is 60.0 Å². The molecular formula is C11H23N3O2. The summed E-state index contributed by atoms with van der Waals surface area (Å²) in [5.41, 5.74) is 0. The first-order chi connectivity index (χ1) is 7.63. The zero-order valence-electron chi connectivity index (χ0n) is 10.4. The molecule has 0 unspecified atom stereocenters. The maximum atomic E-state index is 11.8. The molecule has 0 aromatic heterocycles. The van der Waals surface area contributed by atoms with E-state index in [2.05, 4.69) is 4.90 Å². The minimum absolute atomic E-state index is 0.215. The lowest BCUT2D eigenvalue weighted by molar-refractivity contribution is -0.133. The third-order valence-electron chi connectivity index (χ3n) is 2.81. The number of hydrogen-bond donors (Lipinski definition) is 1. The van der Waals surface area contributed by atoms with Crippen molar-refractivity contribution in [2.24, 2.45) is 0 Å². The molecule has 0 aromatic carbocycles. The Balaban J connectivity index is 2.23. The van der Waals surface area contributed by atoms with Crippen LogP contribution < -0.4 is 0 Å². The molecule has 0 atom stereocenters. The van der Waals surface area contributed by atoms with Gasteiger partial charge in [-0.2, -0.15) is 0 Å². The molecule has 0 bridgehead atoms. The highest BCUT2D eigenvalue weighted by Crippen LogP contribution is 2.03. The molecule has 1 aliphatic rings. The number of nitrogens with zero attached hydrogens (tertiary/aromatic N) is 3. The molecule has 94 valence electrons. The van der Waals surface area contributed by atoms with Gasteiger partial charge in [0.1, 0.15) is 0 Å². The molecule has 1 fully saturated rings. The number of likely N-dealkylation sites (N-methyl/N-ethyl adjacent to an activating group) is 1. The smallest absolute Gasteiger partial charge is 0.236 e. The van der Waals surface area contributed by atoms with Crippen LogP contribution >= 0.6 is 0 Å². The van der Waals surface area contributed by atoms with Gasteiger partial charge >= 0.3 is 0 Å². The predicted molar refractivity (Wildman–Crippen MR) is 63.3 cm³/mol. The summed E-state index contributed by atoms with van der Waals surface area (Å²) in [6.07, 6.45) is 0.825. The summed E-state index contributed by atoms with van der Waals surface area (Å²) in [5, 5.41) is 8.74. The van der Waals surface area contributed by atoms with Crippen LogP contribution in [-0.2, 0) is 4.79 Å². The van der Waals surface area contributed by atoms with Gasteiger partial charge in [-0.3, -0.25) is 9.69 Å². The van der Waals surface area contributed by atoms with Gasteiger partial charge in [-0.15, -0.1) is 0 Å². The van der Waals surface area contributed by atoms with Crippen molar-refractivity contribution in [3.8, 4) is 0 Å². The molecule has 1 rings (SSSR count). The second-order valence-electron chi connectivity index (χ2n) is 4.54. The molecular weight excluding hydrogens is 206 g/mol. The molecule has 16 heavy (non-hydrogen) atoms. The SMILES string of the molecule is CN(C)CC(=O)N1CCN(CCCO)CC1. The molecule has 1 saturated heterocycles. The Kier molecular flexibility index (Phi) is 5.73. The summed E-state index contributed by atoms with van der Waals surface area (Å²) in [7, 11) is 3.82. The van der Waals surface area contributed by atoms with Crippen molar-refractivity contribution in [1.29, 1.82) is 0 Å². The van der Waals surface area contributed by atoms with Crippen LogP contribution in [-0.4, -0.2) is 85.7 Å². The van der Waals surface area contributed by atoms with Crippen LogP contribution in [0.4, 0.5) is 0 Å². The van der Waals surface area contributed by atoms with E-state index in [1.54, 1.807) is 0 Å². The monoisotopic (exact) mass is 229 g/mol. The highest BCUT2D eigenvalue weighted by atomic mass is 16.3. The maximum absolute atomic E-state index is 11.8. The van der Waals surface area contributed by atoms with E-state index < -0.39 is 0 Å². The molecule has 1 amide bonds. The van der Waals surface area contributed by atoms with Crippen LogP contribution in [0.5, 0.6) is 0 Å². The fraction of sp³-hybridized carbons (Fsp3) is 0.909. The average molecular weight is 229 g/mol. The Hall–Kier alpha value is -0.650. The van der Waals surface area contributed by atoms with Gasteiger partial charge in [-0.1, -0.05) is 0 Å². The standard InChI is InChI=1S/C11H23N3O2/c1-12(2)10-11(16)14-7-5-13(6-8-14)4-3-9-15/h15H,3-10H2,1-2H3. The molecule has 1 heterocycles. The summed E-state index contributed by atoms with van der Waals surface area (Å²) in [6, 6.07) is 0. The number of piperazine rings is 1. The van der Waals surface area contributed by atoms with Gasteiger partial charge in [0.15, 0.2) is 0 Å². The molecule has 0 radical (unpaired) electrons. The van der Waals surface area contributed by atoms with Crippen molar-refractivity contribution in [1.82, 2.24) is 14.7 Å². The van der Waals surface area contributed by atoms with Gasteiger partial charge in [0.25, 0.3) is 0 Å². The Labute approximate surface area is 97.6 Å². The third-order valence-corrected chi connectivity index (χ3v) is 2.81. The summed E-state index contributed by atoms with van der Waals surface area (Å²) < 4.78 is 0. The lowest BCUT2D eigenvalue weighted by atomic mass is 10.3. The Morgan fingerprint density at radius 2 is 1.88 bits per heavy atom. The van der Waals surface area contributed by atoms with Gasteiger partial charge in [0.05, 0.1) is 6.54 Å². The van der Waals surface area contributed by atoms with E-state index in [0.717, 1.165) is 39.1 Å². The lowest BCUT2D eigenvalue weighted by Gasteiger charge is -2.35. The minimum Gasteiger partial charge on any atom is -0.396 e. The van der Waals surface area contributed by atoms with E-state index in [1.165, 1.54) is 0 Å².